The van der Waals surface area contributed by atoms with Gasteiger partial charge in [0, 0.05) is 31.1 Å². The Kier molecular flexibility index (Phi) is 5.57. The van der Waals surface area contributed by atoms with Crippen LogP contribution in [0.4, 0.5) is 5.13 Å². The Balaban J connectivity index is 2.30. The zero-order chi connectivity index (χ0) is 11.1. The van der Waals surface area contributed by atoms with Crippen molar-refractivity contribution < 1.29 is 4.74 Å². The smallest absolute Gasteiger partial charge is 0.202 e. The second kappa shape index (κ2) is 6.74. The number of hydrogen-bond acceptors (Lipinski definition) is 5. The minimum Gasteiger partial charge on any atom is -0.377 e. The molecule has 0 saturated heterocycles. The number of rotatable bonds is 7. The van der Waals surface area contributed by atoms with Gasteiger partial charge in [0.1, 0.15) is 5.82 Å². The lowest BCUT2D eigenvalue weighted by molar-refractivity contribution is 0.0855. The fourth-order valence-electron chi connectivity index (χ4n) is 1.23. The first-order valence-corrected chi connectivity index (χ1v) is 6.21. The average Bonchev–Trinajstić information content (AvgIpc) is 2.64. The van der Waals surface area contributed by atoms with E-state index in [2.05, 4.69) is 21.6 Å². The maximum Gasteiger partial charge on any atom is 0.202 e. The van der Waals surface area contributed by atoms with Gasteiger partial charge in [-0.3, -0.25) is 0 Å². The van der Waals surface area contributed by atoms with Crippen LogP contribution in [-0.4, -0.2) is 28.6 Å². The minimum absolute atomic E-state index is 0.216. The largest absolute Gasteiger partial charge is 0.377 e. The van der Waals surface area contributed by atoms with E-state index in [1.54, 1.807) is 0 Å². The van der Waals surface area contributed by atoms with E-state index in [0.29, 0.717) is 0 Å². The molecule has 0 aliphatic carbocycles. The van der Waals surface area contributed by atoms with Gasteiger partial charge in [0.2, 0.25) is 5.13 Å². The number of aromatic nitrogens is 2. The van der Waals surface area contributed by atoms with Gasteiger partial charge in [0.05, 0.1) is 6.10 Å². The SMILES string of the molecule is CCCc1nsc(NCC(C)OCC)n1. The number of nitrogens with one attached hydrogen (secondary N) is 1. The number of ether oxygens (including phenoxy) is 1. The number of hydrogen-bond donors (Lipinski definition) is 1. The van der Waals surface area contributed by atoms with Crippen LogP contribution >= 0.6 is 11.5 Å². The molecule has 15 heavy (non-hydrogen) atoms. The Morgan fingerprint density at radius 1 is 1.47 bits per heavy atom. The van der Waals surface area contributed by atoms with E-state index in [-0.39, 0.29) is 6.10 Å². The summed E-state index contributed by atoms with van der Waals surface area (Å²) in [5.41, 5.74) is 0. The van der Waals surface area contributed by atoms with Gasteiger partial charge in [-0.1, -0.05) is 6.92 Å². The van der Waals surface area contributed by atoms with Gasteiger partial charge in [-0.05, 0) is 20.3 Å². The number of anilines is 1. The zero-order valence-electron chi connectivity index (χ0n) is 9.62. The predicted octanol–water partition coefficient (Wildman–Crippen LogP) is 2.33. The van der Waals surface area contributed by atoms with Gasteiger partial charge in [-0.15, -0.1) is 0 Å². The van der Waals surface area contributed by atoms with Crippen LogP contribution < -0.4 is 5.32 Å². The summed E-state index contributed by atoms with van der Waals surface area (Å²) in [5.74, 6) is 0.939. The van der Waals surface area contributed by atoms with E-state index in [4.69, 9.17) is 4.74 Å². The molecule has 1 aromatic heterocycles. The molecule has 0 aliphatic heterocycles. The molecule has 0 fully saturated rings. The van der Waals surface area contributed by atoms with E-state index in [9.17, 15) is 0 Å². The van der Waals surface area contributed by atoms with Gasteiger partial charge < -0.3 is 10.1 Å². The van der Waals surface area contributed by atoms with Crippen molar-refractivity contribution in [2.75, 3.05) is 18.5 Å². The normalized spacial score (nSPS) is 12.7. The summed E-state index contributed by atoms with van der Waals surface area (Å²) in [6, 6.07) is 0. The second-order valence-electron chi connectivity index (χ2n) is 3.41. The molecule has 0 saturated carbocycles. The third-order valence-corrected chi connectivity index (χ3v) is 2.64. The molecule has 86 valence electrons. The van der Waals surface area contributed by atoms with Crippen molar-refractivity contribution in [3.63, 3.8) is 0 Å². The van der Waals surface area contributed by atoms with E-state index >= 15 is 0 Å². The van der Waals surface area contributed by atoms with Gasteiger partial charge in [0.15, 0.2) is 0 Å². The van der Waals surface area contributed by atoms with Gasteiger partial charge >= 0.3 is 0 Å². The highest BCUT2D eigenvalue weighted by Gasteiger charge is 2.05. The summed E-state index contributed by atoms with van der Waals surface area (Å²) in [7, 11) is 0. The van der Waals surface area contributed by atoms with Gasteiger partial charge in [-0.25, -0.2) is 4.98 Å². The molecule has 4 nitrogen and oxygen atoms in total. The van der Waals surface area contributed by atoms with Gasteiger partial charge in [0.25, 0.3) is 0 Å². The first kappa shape index (κ1) is 12.4. The Hall–Kier alpha value is -0.680. The molecule has 1 unspecified atom stereocenters. The summed E-state index contributed by atoms with van der Waals surface area (Å²) in [4.78, 5) is 4.37. The summed E-state index contributed by atoms with van der Waals surface area (Å²) in [5, 5.41) is 4.12. The number of aryl methyl sites for hydroxylation is 1. The van der Waals surface area contributed by atoms with E-state index in [1.165, 1.54) is 11.5 Å². The molecule has 1 aromatic rings. The van der Waals surface area contributed by atoms with E-state index < -0.39 is 0 Å². The maximum atomic E-state index is 5.41. The molecular formula is C10H19N3OS. The fraction of sp³-hybridized carbons (Fsp3) is 0.800. The Labute approximate surface area is 95.2 Å². The summed E-state index contributed by atoms with van der Waals surface area (Å²) >= 11 is 1.42. The van der Waals surface area contributed by atoms with Crippen LogP contribution in [0.1, 0.15) is 33.0 Å². The molecule has 0 amide bonds. The molecule has 0 aliphatic rings. The highest BCUT2D eigenvalue weighted by Crippen LogP contribution is 2.12. The molecule has 1 rings (SSSR count). The summed E-state index contributed by atoms with van der Waals surface area (Å²) < 4.78 is 9.67. The fourth-order valence-corrected chi connectivity index (χ4v) is 1.84. The quantitative estimate of drug-likeness (QED) is 0.779. The van der Waals surface area contributed by atoms with E-state index in [1.807, 2.05) is 13.8 Å². The highest BCUT2D eigenvalue weighted by molar-refractivity contribution is 7.09. The topological polar surface area (TPSA) is 47.0 Å². The van der Waals surface area contributed by atoms with Crippen LogP contribution in [0.2, 0.25) is 0 Å². The molecule has 1 heterocycles. The van der Waals surface area contributed by atoms with Crippen molar-refractivity contribution in [3.8, 4) is 0 Å². The standard InChI is InChI=1S/C10H19N3OS/c1-4-6-9-12-10(15-13-9)11-7-8(3)14-5-2/h8H,4-7H2,1-3H3,(H,11,12,13). The van der Waals surface area contributed by atoms with Crippen molar-refractivity contribution in [2.45, 2.75) is 39.7 Å². The molecule has 0 aromatic carbocycles. The van der Waals surface area contributed by atoms with Crippen LogP contribution in [0.3, 0.4) is 0 Å². The molecular weight excluding hydrogens is 210 g/mol. The van der Waals surface area contributed by atoms with Crippen LogP contribution in [0.25, 0.3) is 0 Å². The highest BCUT2D eigenvalue weighted by atomic mass is 32.1. The molecule has 1 N–H and O–H groups in total. The lowest BCUT2D eigenvalue weighted by Gasteiger charge is -2.10. The van der Waals surface area contributed by atoms with Crippen LogP contribution in [0.15, 0.2) is 0 Å². The van der Waals surface area contributed by atoms with Crippen molar-refractivity contribution >= 4 is 16.7 Å². The lowest BCUT2D eigenvalue weighted by atomic mass is 10.3. The summed E-state index contributed by atoms with van der Waals surface area (Å²) in [6.07, 6.45) is 2.26. The molecule has 0 bridgehead atoms. The Morgan fingerprint density at radius 3 is 2.93 bits per heavy atom. The molecule has 1 atom stereocenters. The zero-order valence-corrected chi connectivity index (χ0v) is 10.4. The Bertz CT molecular complexity index is 277. The first-order chi connectivity index (χ1) is 7.26. The molecule has 5 heteroatoms. The van der Waals surface area contributed by atoms with Crippen LogP contribution in [0.5, 0.6) is 0 Å². The Morgan fingerprint density at radius 2 is 2.27 bits per heavy atom. The van der Waals surface area contributed by atoms with Crippen molar-refractivity contribution in [1.82, 2.24) is 9.36 Å². The minimum atomic E-state index is 0.216. The predicted molar refractivity (Wildman–Crippen MR) is 63.5 cm³/mol. The third-order valence-electron chi connectivity index (χ3n) is 1.93. The van der Waals surface area contributed by atoms with Crippen molar-refractivity contribution in [1.29, 1.82) is 0 Å². The van der Waals surface area contributed by atoms with Crippen molar-refractivity contribution in [2.24, 2.45) is 0 Å². The van der Waals surface area contributed by atoms with Crippen molar-refractivity contribution in [3.05, 3.63) is 5.82 Å². The third kappa shape index (κ3) is 4.57. The van der Waals surface area contributed by atoms with Gasteiger partial charge in [-0.2, -0.15) is 4.37 Å². The monoisotopic (exact) mass is 229 g/mol. The summed E-state index contributed by atoms with van der Waals surface area (Å²) in [6.45, 7) is 7.71. The van der Waals surface area contributed by atoms with Crippen LogP contribution in [0, 0.1) is 0 Å². The number of nitrogens with zero attached hydrogens (tertiary/aromatic N) is 2. The van der Waals surface area contributed by atoms with Crippen LogP contribution in [-0.2, 0) is 11.2 Å². The second-order valence-corrected chi connectivity index (χ2v) is 4.16. The average molecular weight is 229 g/mol. The lowest BCUT2D eigenvalue weighted by Crippen LogP contribution is -2.19. The molecule has 0 radical (unpaired) electrons. The van der Waals surface area contributed by atoms with E-state index in [0.717, 1.165) is 36.9 Å². The molecule has 0 spiro atoms. The maximum absolute atomic E-state index is 5.41. The first-order valence-electron chi connectivity index (χ1n) is 5.44.